The largest absolute Gasteiger partial charge is 0.514 e. The zero-order chi connectivity index (χ0) is 29.3. The van der Waals surface area contributed by atoms with Crippen LogP contribution in [-0.2, 0) is 17.1 Å². The highest BCUT2D eigenvalue weighted by Gasteiger charge is 2.38. The van der Waals surface area contributed by atoms with E-state index in [0.717, 1.165) is 12.1 Å². The molecular formula is C25H25F6N3O5. The standard InChI is InChI=1S/C25H25F6N3O5/c1-23(2,3)21(39-22(35)38-19-7-5-18(6-8-19)34(36)37)13-33-12-20(32(4)14-33)15-9-16(24(26,27)28)11-17(10-15)25(29,30)31/h5-12,21H,13-14H2,1-4H3/t21-/m1/s1. The van der Waals surface area contributed by atoms with Crippen LogP contribution in [0, 0.1) is 15.5 Å². The fourth-order valence-electron chi connectivity index (χ4n) is 3.74. The lowest BCUT2D eigenvalue weighted by Gasteiger charge is -2.33. The fraction of sp³-hybridized carbons (Fsp3) is 0.400. The number of carbonyl (C=O) groups is 1. The van der Waals surface area contributed by atoms with Gasteiger partial charge in [-0.2, -0.15) is 26.3 Å². The Kier molecular flexibility index (Phi) is 8.08. The van der Waals surface area contributed by atoms with Gasteiger partial charge in [0.25, 0.3) is 5.69 Å². The van der Waals surface area contributed by atoms with Crippen LogP contribution in [-0.4, -0.2) is 47.2 Å². The van der Waals surface area contributed by atoms with Crippen LogP contribution >= 0.6 is 0 Å². The smallest absolute Gasteiger partial charge is 0.428 e. The van der Waals surface area contributed by atoms with E-state index in [-0.39, 0.29) is 42.0 Å². The number of carbonyl (C=O) groups excluding carboxylic acids is 1. The van der Waals surface area contributed by atoms with Gasteiger partial charge in [-0.25, -0.2) is 4.79 Å². The second-order valence-electron chi connectivity index (χ2n) is 10.00. The first-order valence-corrected chi connectivity index (χ1v) is 11.4. The summed E-state index contributed by atoms with van der Waals surface area (Å²) in [5.41, 5.74) is -3.86. The number of hydrogen-bond donors (Lipinski definition) is 0. The van der Waals surface area contributed by atoms with Crippen molar-refractivity contribution in [3.05, 3.63) is 75.5 Å². The first kappa shape index (κ1) is 29.6. The molecule has 1 aliphatic rings. The van der Waals surface area contributed by atoms with Crippen LogP contribution in [0.15, 0.2) is 48.7 Å². The van der Waals surface area contributed by atoms with Crippen molar-refractivity contribution < 1.29 is 45.5 Å². The van der Waals surface area contributed by atoms with E-state index in [2.05, 4.69) is 0 Å². The van der Waals surface area contributed by atoms with Gasteiger partial charge in [0.2, 0.25) is 0 Å². The Hall–Kier alpha value is -3.97. The first-order valence-electron chi connectivity index (χ1n) is 11.4. The minimum absolute atomic E-state index is 0.00589. The van der Waals surface area contributed by atoms with Crippen molar-refractivity contribution in [3.63, 3.8) is 0 Å². The van der Waals surface area contributed by atoms with Crippen LogP contribution in [0.3, 0.4) is 0 Å². The topological polar surface area (TPSA) is 85.2 Å². The van der Waals surface area contributed by atoms with Gasteiger partial charge in [0, 0.05) is 36.4 Å². The van der Waals surface area contributed by atoms with E-state index in [1.54, 1.807) is 25.7 Å². The number of non-ortho nitro benzene ring substituents is 1. The number of nitro benzene ring substituents is 1. The molecule has 0 saturated carbocycles. The quantitative estimate of drug-likeness (QED) is 0.127. The molecule has 2 aromatic carbocycles. The Morgan fingerprint density at radius 2 is 1.54 bits per heavy atom. The van der Waals surface area contributed by atoms with Crippen molar-refractivity contribution in [2.24, 2.45) is 5.41 Å². The molecule has 0 aliphatic carbocycles. The van der Waals surface area contributed by atoms with Crippen LogP contribution in [0.5, 0.6) is 5.75 Å². The van der Waals surface area contributed by atoms with Crippen molar-refractivity contribution in [3.8, 4) is 5.75 Å². The molecule has 212 valence electrons. The summed E-state index contributed by atoms with van der Waals surface area (Å²) in [6.07, 6.45) is -10.5. The summed E-state index contributed by atoms with van der Waals surface area (Å²) in [7, 11) is 1.51. The third-order valence-electron chi connectivity index (χ3n) is 5.85. The third-order valence-corrected chi connectivity index (χ3v) is 5.85. The van der Waals surface area contributed by atoms with Crippen LogP contribution < -0.4 is 4.74 Å². The minimum atomic E-state index is -4.98. The van der Waals surface area contributed by atoms with Crippen molar-refractivity contribution >= 4 is 17.5 Å². The molecule has 0 spiro atoms. The lowest BCUT2D eigenvalue weighted by molar-refractivity contribution is -0.384. The van der Waals surface area contributed by atoms with Crippen molar-refractivity contribution in [1.82, 2.24) is 9.80 Å². The maximum absolute atomic E-state index is 13.3. The molecule has 0 aromatic heterocycles. The van der Waals surface area contributed by atoms with Gasteiger partial charge in [0.15, 0.2) is 0 Å². The van der Waals surface area contributed by atoms with Gasteiger partial charge in [-0.15, -0.1) is 0 Å². The van der Waals surface area contributed by atoms with E-state index in [1.165, 1.54) is 30.3 Å². The number of alkyl halides is 6. The van der Waals surface area contributed by atoms with Crippen molar-refractivity contribution in [1.29, 1.82) is 0 Å². The average molecular weight is 561 g/mol. The Labute approximate surface area is 219 Å². The number of nitro groups is 1. The first-order chi connectivity index (χ1) is 17.8. The third kappa shape index (κ3) is 7.54. The average Bonchev–Trinajstić information content (AvgIpc) is 3.17. The molecule has 0 amide bonds. The van der Waals surface area contributed by atoms with Gasteiger partial charge in [-0.05, 0) is 30.3 Å². The molecule has 39 heavy (non-hydrogen) atoms. The molecule has 0 bridgehead atoms. The summed E-state index contributed by atoms with van der Waals surface area (Å²) in [5.74, 6) is 0.00589. The molecule has 3 rings (SSSR count). The summed E-state index contributed by atoms with van der Waals surface area (Å²) in [4.78, 5) is 25.7. The number of rotatable bonds is 6. The number of benzene rings is 2. The zero-order valence-electron chi connectivity index (χ0n) is 21.3. The summed E-state index contributed by atoms with van der Waals surface area (Å²) < 4.78 is 90.6. The lowest BCUT2D eigenvalue weighted by Crippen LogP contribution is -2.41. The second kappa shape index (κ2) is 10.7. The zero-order valence-corrected chi connectivity index (χ0v) is 21.3. The van der Waals surface area contributed by atoms with E-state index >= 15 is 0 Å². The van der Waals surface area contributed by atoms with E-state index in [1.807, 2.05) is 0 Å². The SMILES string of the molecule is CN1CN(C[C@@H](OC(=O)Oc2ccc([N+](=O)[O-])cc2)C(C)(C)C)C=C1c1cc(C(F)(F)F)cc(C(F)(F)F)c1. The summed E-state index contributed by atoms with van der Waals surface area (Å²) in [5, 5.41) is 10.8. The molecule has 1 aliphatic heterocycles. The predicted molar refractivity (Wildman–Crippen MR) is 127 cm³/mol. The van der Waals surface area contributed by atoms with Crippen molar-refractivity contribution in [2.45, 2.75) is 39.2 Å². The predicted octanol–water partition coefficient (Wildman–Crippen LogP) is 6.77. The maximum Gasteiger partial charge on any atom is 0.514 e. The molecule has 14 heteroatoms. The van der Waals surface area contributed by atoms with Gasteiger partial charge in [0.05, 0.1) is 35.0 Å². The minimum Gasteiger partial charge on any atom is -0.428 e. The molecule has 2 aromatic rings. The highest BCUT2D eigenvalue weighted by Crippen LogP contribution is 2.39. The normalized spacial score (nSPS) is 15.2. The van der Waals surface area contributed by atoms with Crippen LogP contribution in [0.1, 0.15) is 37.5 Å². The van der Waals surface area contributed by atoms with Crippen LogP contribution in [0.25, 0.3) is 5.70 Å². The molecule has 8 nitrogen and oxygen atoms in total. The Morgan fingerprint density at radius 1 is 1.00 bits per heavy atom. The summed E-state index contributed by atoms with van der Waals surface area (Å²) >= 11 is 0. The second-order valence-corrected chi connectivity index (χ2v) is 10.00. The highest BCUT2D eigenvalue weighted by atomic mass is 19.4. The lowest BCUT2D eigenvalue weighted by atomic mass is 9.88. The Bertz CT molecular complexity index is 1220. The molecule has 1 heterocycles. The van der Waals surface area contributed by atoms with E-state index in [4.69, 9.17) is 9.47 Å². The van der Waals surface area contributed by atoms with E-state index in [9.17, 15) is 41.3 Å². The van der Waals surface area contributed by atoms with Gasteiger partial charge in [-0.3, -0.25) is 10.1 Å². The molecule has 0 radical (unpaired) electrons. The number of nitrogens with zero attached hydrogens (tertiary/aromatic N) is 3. The fourth-order valence-corrected chi connectivity index (χ4v) is 3.74. The molecular weight excluding hydrogens is 536 g/mol. The maximum atomic E-state index is 13.3. The Morgan fingerprint density at radius 3 is 2.00 bits per heavy atom. The van der Waals surface area contributed by atoms with Crippen molar-refractivity contribution in [2.75, 3.05) is 20.3 Å². The summed E-state index contributed by atoms with van der Waals surface area (Å²) in [6, 6.07) is 6.11. The molecule has 0 fully saturated rings. The Balaban J connectivity index is 1.81. The van der Waals surface area contributed by atoms with E-state index in [0.29, 0.717) is 12.1 Å². The number of hydrogen-bond acceptors (Lipinski definition) is 7. The summed E-state index contributed by atoms with van der Waals surface area (Å²) in [6.45, 7) is 5.44. The molecule has 0 saturated heterocycles. The van der Waals surface area contributed by atoms with E-state index < -0.39 is 46.1 Å². The van der Waals surface area contributed by atoms with Gasteiger partial charge in [-0.1, -0.05) is 20.8 Å². The van der Waals surface area contributed by atoms with Gasteiger partial charge in [0.1, 0.15) is 11.9 Å². The number of ether oxygens (including phenoxy) is 2. The highest BCUT2D eigenvalue weighted by molar-refractivity contribution is 5.67. The van der Waals surface area contributed by atoms with Gasteiger partial charge < -0.3 is 19.3 Å². The van der Waals surface area contributed by atoms with Crippen LogP contribution in [0.4, 0.5) is 36.8 Å². The molecule has 0 unspecified atom stereocenters. The van der Waals surface area contributed by atoms with Gasteiger partial charge >= 0.3 is 18.5 Å². The monoisotopic (exact) mass is 561 g/mol. The molecule has 1 atom stereocenters. The number of halogens is 6. The molecule has 0 N–H and O–H groups in total. The van der Waals surface area contributed by atoms with Crippen LogP contribution in [0.2, 0.25) is 0 Å².